The molecule has 1 aliphatic rings. The molecule has 0 spiro atoms. The number of aromatic amines is 1. The second-order valence-electron chi connectivity index (χ2n) is 6.54. The quantitative estimate of drug-likeness (QED) is 0.308. The van der Waals surface area contributed by atoms with E-state index in [0.29, 0.717) is 6.04 Å². The van der Waals surface area contributed by atoms with E-state index in [4.69, 9.17) is 0 Å². The molecule has 27 heavy (non-hydrogen) atoms. The van der Waals surface area contributed by atoms with Gasteiger partial charge in [0, 0.05) is 35.9 Å². The lowest BCUT2D eigenvalue weighted by atomic mass is 10.1. The molecule has 0 radical (unpaired) electrons. The van der Waals surface area contributed by atoms with Crippen molar-refractivity contribution in [2.45, 2.75) is 18.9 Å². The summed E-state index contributed by atoms with van der Waals surface area (Å²) in [5.41, 5.74) is 1.94. The number of hydrogen-bond acceptors (Lipinski definition) is 4. The molecule has 0 bridgehead atoms. The highest BCUT2D eigenvalue weighted by atomic mass is 127. The van der Waals surface area contributed by atoms with Crippen molar-refractivity contribution in [2.24, 2.45) is 4.99 Å². The Morgan fingerprint density at radius 2 is 2.19 bits per heavy atom. The SMILES string of the molecule is CN=C(Nc1ccccc1I)NC1CCCN(c2ncnc3[nH]ccc23)C1. The van der Waals surface area contributed by atoms with Crippen LogP contribution in [0.1, 0.15) is 12.8 Å². The minimum Gasteiger partial charge on any atom is -0.354 e. The lowest BCUT2D eigenvalue weighted by Gasteiger charge is -2.34. The number of nitrogens with one attached hydrogen (secondary N) is 3. The Morgan fingerprint density at radius 3 is 3.04 bits per heavy atom. The first kappa shape index (κ1) is 18.0. The molecule has 1 unspecified atom stereocenters. The minimum absolute atomic E-state index is 0.301. The average Bonchev–Trinajstić information content (AvgIpc) is 3.18. The van der Waals surface area contributed by atoms with Crippen LogP contribution in [-0.2, 0) is 0 Å². The first-order valence-corrected chi connectivity index (χ1v) is 10.1. The molecule has 1 saturated heterocycles. The highest BCUT2D eigenvalue weighted by Crippen LogP contribution is 2.25. The number of para-hydroxylation sites is 1. The molecule has 1 atom stereocenters. The third-order valence-corrected chi connectivity index (χ3v) is 5.69. The maximum absolute atomic E-state index is 4.54. The Balaban J connectivity index is 1.46. The van der Waals surface area contributed by atoms with Gasteiger partial charge in [0.25, 0.3) is 0 Å². The summed E-state index contributed by atoms with van der Waals surface area (Å²) < 4.78 is 1.17. The lowest BCUT2D eigenvalue weighted by molar-refractivity contribution is 0.471. The number of nitrogens with zero attached hydrogens (tertiary/aromatic N) is 4. The third-order valence-electron chi connectivity index (χ3n) is 4.75. The molecule has 1 aliphatic heterocycles. The molecule has 0 amide bonds. The zero-order valence-corrected chi connectivity index (χ0v) is 17.3. The standard InChI is InChI=1S/C19H22IN7/c1-21-19(26-16-7-3-2-6-15(16)20)25-13-5-4-10-27(11-13)18-14-8-9-22-17(14)23-12-24-18/h2-3,6-9,12-13H,4-5,10-11H2,1H3,(H2,21,25,26)(H,22,23,24). The number of benzene rings is 1. The van der Waals surface area contributed by atoms with Crippen molar-refractivity contribution in [2.75, 3.05) is 30.4 Å². The van der Waals surface area contributed by atoms with E-state index in [1.165, 1.54) is 3.57 Å². The van der Waals surface area contributed by atoms with Crippen molar-refractivity contribution >= 4 is 51.1 Å². The van der Waals surface area contributed by atoms with Gasteiger partial charge in [0.05, 0.1) is 11.1 Å². The zero-order chi connectivity index (χ0) is 18.6. The van der Waals surface area contributed by atoms with E-state index in [1.54, 1.807) is 13.4 Å². The smallest absolute Gasteiger partial charge is 0.195 e. The summed E-state index contributed by atoms with van der Waals surface area (Å²) in [6.07, 6.45) is 5.75. The Morgan fingerprint density at radius 1 is 1.30 bits per heavy atom. The fourth-order valence-corrected chi connectivity index (χ4v) is 3.96. The average molecular weight is 475 g/mol. The topological polar surface area (TPSA) is 81.2 Å². The van der Waals surface area contributed by atoms with Gasteiger partial charge in [-0.2, -0.15) is 0 Å². The number of H-pyrrole nitrogens is 1. The maximum Gasteiger partial charge on any atom is 0.195 e. The molecule has 140 valence electrons. The van der Waals surface area contributed by atoms with Crippen LogP contribution in [0.2, 0.25) is 0 Å². The minimum atomic E-state index is 0.301. The van der Waals surface area contributed by atoms with Crippen LogP contribution in [0.5, 0.6) is 0 Å². The van der Waals surface area contributed by atoms with Crippen molar-refractivity contribution in [3.63, 3.8) is 0 Å². The molecule has 2 aromatic heterocycles. The van der Waals surface area contributed by atoms with Gasteiger partial charge in [-0.25, -0.2) is 9.97 Å². The molecule has 3 heterocycles. The summed E-state index contributed by atoms with van der Waals surface area (Å²) in [7, 11) is 1.81. The number of anilines is 2. The number of piperidine rings is 1. The monoisotopic (exact) mass is 475 g/mol. The van der Waals surface area contributed by atoms with Gasteiger partial charge in [-0.3, -0.25) is 4.99 Å². The van der Waals surface area contributed by atoms with Crippen LogP contribution in [-0.4, -0.2) is 47.1 Å². The summed E-state index contributed by atoms with van der Waals surface area (Å²) in [6.45, 7) is 1.88. The Labute approximate surface area is 171 Å². The first-order valence-electron chi connectivity index (χ1n) is 9.02. The van der Waals surface area contributed by atoms with Crippen LogP contribution < -0.4 is 15.5 Å². The van der Waals surface area contributed by atoms with Gasteiger partial charge < -0.3 is 20.5 Å². The normalized spacial score (nSPS) is 17.9. The molecule has 3 aromatic rings. The van der Waals surface area contributed by atoms with Crippen LogP contribution >= 0.6 is 22.6 Å². The summed E-state index contributed by atoms with van der Waals surface area (Å²) in [5.74, 6) is 1.79. The largest absolute Gasteiger partial charge is 0.354 e. The van der Waals surface area contributed by atoms with Crippen LogP contribution in [0.15, 0.2) is 47.8 Å². The van der Waals surface area contributed by atoms with Crippen LogP contribution in [0, 0.1) is 3.57 Å². The molecule has 3 N–H and O–H groups in total. The van der Waals surface area contributed by atoms with Gasteiger partial charge in [-0.05, 0) is 53.6 Å². The summed E-state index contributed by atoms with van der Waals surface area (Å²) in [6, 6.07) is 10.5. The highest BCUT2D eigenvalue weighted by Gasteiger charge is 2.23. The first-order chi connectivity index (χ1) is 13.2. The number of hydrogen-bond donors (Lipinski definition) is 3. The van der Waals surface area contributed by atoms with E-state index < -0.39 is 0 Å². The number of halogens is 1. The van der Waals surface area contributed by atoms with Gasteiger partial charge in [0.1, 0.15) is 17.8 Å². The second kappa shape index (κ2) is 8.12. The molecule has 7 nitrogen and oxygen atoms in total. The number of rotatable bonds is 3. The number of guanidine groups is 1. The van der Waals surface area contributed by atoms with Gasteiger partial charge in [-0.1, -0.05) is 12.1 Å². The van der Waals surface area contributed by atoms with E-state index in [9.17, 15) is 0 Å². The lowest BCUT2D eigenvalue weighted by Crippen LogP contribution is -2.49. The number of aromatic nitrogens is 3. The molecular weight excluding hydrogens is 453 g/mol. The van der Waals surface area contributed by atoms with Crippen molar-refractivity contribution in [3.05, 3.63) is 46.4 Å². The predicted molar refractivity (Wildman–Crippen MR) is 118 cm³/mol. The van der Waals surface area contributed by atoms with E-state index in [0.717, 1.165) is 54.4 Å². The van der Waals surface area contributed by atoms with E-state index >= 15 is 0 Å². The predicted octanol–water partition coefficient (Wildman–Crippen LogP) is 3.22. The van der Waals surface area contributed by atoms with Crippen LogP contribution in [0.3, 0.4) is 0 Å². The Hall–Kier alpha value is -2.36. The van der Waals surface area contributed by atoms with E-state index in [2.05, 4.69) is 70.2 Å². The van der Waals surface area contributed by atoms with Gasteiger partial charge in [0.2, 0.25) is 0 Å². The van der Waals surface area contributed by atoms with Crippen molar-refractivity contribution in [1.82, 2.24) is 20.3 Å². The molecule has 1 fully saturated rings. The van der Waals surface area contributed by atoms with Gasteiger partial charge in [-0.15, -0.1) is 0 Å². The van der Waals surface area contributed by atoms with Gasteiger partial charge >= 0.3 is 0 Å². The van der Waals surface area contributed by atoms with Crippen molar-refractivity contribution in [1.29, 1.82) is 0 Å². The summed E-state index contributed by atoms with van der Waals surface area (Å²) in [5, 5.41) is 8.04. The highest BCUT2D eigenvalue weighted by molar-refractivity contribution is 14.1. The third kappa shape index (κ3) is 4.00. The number of aliphatic imine (C=N–C) groups is 1. The molecule has 4 rings (SSSR count). The fourth-order valence-electron chi connectivity index (χ4n) is 3.44. The van der Waals surface area contributed by atoms with E-state index in [-0.39, 0.29) is 0 Å². The van der Waals surface area contributed by atoms with Gasteiger partial charge in [0.15, 0.2) is 5.96 Å². The second-order valence-corrected chi connectivity index (χ2v) is 7.71. The molecule has 0 saturated carbocycles. The molecule has 8 heteroatoms. The fraction of sp³-hybridized carbons (Fsp3) is 0.316. The van der Waals surface area contributed by atoms with E-state index in [1.807, 2.05) is 24.4 Å². The molecule has 1 aromatic carbocycles. The number of fused-ring (bicyclic) bond motifs is 1. The molecule has 0 aliphatic carbocycles. The maximum atomic E-state index is 4.54. The van der Waals surface area contributed by atoms with Crippen LogP contribution in [0.25, 0.3) is 11.0 Å². The Kier molecular flexibility index (Phi) is 5.42. The molecular formula is C19H22IN7. The van der Waals surface area contributed by atoms with Crippen LogP contribution in [0.4, 0.5) is 11.5 Å². The summed E-state index contributed by atoms with van der Waals surface area (Å²) >= 11 is 2.33. The van der Waals surface area contributed by atoms with Crippen molar-refractivity contribution in [3.8, 4) is 0 Å². The zero-order valence-electron chi connectivity index (χ0n) is 15.1. The Bertz CT molecular complexity index is 952. The summed E-state index contributed by atoms with van der Waals surface area (Å²) in [4.78, 5) is 18.7. The van der Waals surface area contributed by atoms with Crippen molar-refractivity contribution < 1.29 is 0 Å².